The average molecular weight is 418 g/mol. The van der Waals surface area contributed by atoms with Crippen LogP contribution in [0.5, 0.6) is 5.75 Å². The molecule has 1 unspecified atom stereocenters. The summed E-state index contributed by atoms with van der Waals surface area (Å²) >= 11 is 6.09. The van der Waals surface area contributed by atoms with Crippen LogP contribution in [0.1, 0.15) is 22.1 Å². The van der Waals surface area contributed by atoms with Gasteiger partial charge in [-0.15, -0.1) is 0 Å². The molecule has 0 aliphatic rings. The number of nitro groups is 1. The van der Waals surface area contributed by atoms with Gasteiger partial charge in [0.1, 0.15) is 11.8 Å². The lowest BCUT2D eigenvalue weighted by Crippen LogP contribution is -2.21. The zero-order valence-corrected chi connectivity index (χ0v) is 15.9. The number of methoxy groups -OCH3 is 1. The number of amides is 1. The van der Waals surface area contributed by atoms with E-state index in [9.17, 15) is 14.9 Å². The van der Waals surface area contributed by atoms with Crippen LogP contribution in [0.3, 0.4) is 0 Å². The van der Waals surface area contributed by atoms with Gasteiger partial charge in [0, 0.05) is 28.5 Å². The highest BCUT2D eigenvalue weighted by Gasteiger charge is 2.23. The minimum Gasteiger partial charge on any atom is -0.497 e. The van der Waals surface area contributed by atoms with E-state index in [1.807, 2.05) is 0 Å². The summed E-state index contributed by atoms with van der Waals surface area (Å²) in [6.07, 6.45) is 5.53. The Morgan fingerprint density at radius 2 is 2.14 bits per heavy atom. The maximum absolute atomic E-state index is 12.3. The summed E-state index contributed by atoms with van der Waals surface area (Å²) in [4.78, 5) is 30.8. The Kier molecular flexibility index (Phi) is 5.88. The monoisotopic (exact) mass is 417 g/mol. The minimum atomic E-state index is -0.773. The summed E-state index contributed by atoms with van der Waals surface area (Å²) in [5, 5.41) is 18.3. The summed E-state index contributed by atoms with van der Waals surface area (Å²) < 4.78 is 6.54. The maximum atomic E-state index is 12.3. The van der Waals surface area contributed by atoms with Crippen molar-refractivity contribution < 1.29 is 14.5 Å². The number of nitrogens with zero attached hydrogens (tertiary/aromatic N) is 5. The van der Waals surface area contributed by atoms with E-state index < -0.39 is 23.4 Å². The quantitative estimate of drug-likeness (QED) is 0.437. The molecule has 2 aromatic heterocycles. The van der Waals surface area contributed by atoms with Crippen LogP contribution in [-0.2, 0) is 0 Å². The second-order valence-electron chi connectivity index (χ2n) is 5.91. The van der Waals surface area contributed by atoms with Crippen LogP contribution in [0, 0.1) is 10.1 Å². The molecule has 0 bridgehead atoms. The van der Waals surface area contributed by atoms with E-state index in [1.54, 1.807) is 18.2 Å². The van der Waals surface area contributed by atoms with E-state index >= 15 is 0 Å². The fourth-order valence-corrected chi connectivity index (χ4v) is 2.90. The Balaban J connectivity index is 1.88. The number of carbonyl (C=O) groups is 1. The van der Waals surface area contributed by atoms with Gasteiger partial charge in [0.05, 0.1) is 19.0 Å². The molecule has 1 aromatic carbocycles. The van der Waals surface area contributed by atoms with Crippen LogP contribution in [0.15, 0.2) is 43.0 Å². The first kappa shape index (κ1) is 20.0. The first-order chi connectivity index (χ1) is 13.9. The largest absolute Gasteiger partial charge is 0.497 e. The minimum absolute atomic E-state index is 0.0188. The zero-order chi connectivity index (χ0) is 21.0. The third-order valence-corrected chi connectivity index (χ3v) is 4.17. The fraction of sp³-hybridized carbons (Fsp3) is 0.176. The summed E-state index contributed by atoms with van der Waals surface area (Å²) in [7, 11) is 1.47. The molecule has 150 valence electrons. The predicted molar refractivity (Wildman–Crippen MR) is 105 cm³/mol. The number of benzene rings is 1. The van der Waals surface area contributed by atoms with Crippen molar-refractivity contribution in [3.05, 3.63) is 69.4 Å². The van der Waals surface area contributed by atoms with Crippen molar-refractivity contribution in [3.8, 4) is 5.75 Å². The van der Waals surface area contributed by atoms with Gasteiger partial charge in [-0.25, -0.2) is 9.97 Å². The lowest BCUT2D eigenvalue weighted by atomic mass is 10.1. The van der Waals surface area contributed by atoms with Crippen molar-refractivity contribution >= 4 is 29.0 Å². The molecule has 29 heavy (non-hydrogen) atoms. The number of hydrogen-bond acceptors (Lipinski definition) is 8. The van der Waals surface area contributed by atoms with Gasteiger partial charge in [0.15, 0.2) is 11.5 Å². The second-order valence-corrected chi connectivity index (χ2v) is 6.35. The first-order valence-electron chi connectivity index (χ1n) is 8.25. The van der Waals surface area contributed by atoms with Crippen LogP contribution >= 0.6 is 11.6 Å². The van der Waals surface area contributed by atoms with Gasteiger partial charge in [-0.3, -0.25) is 19.6 Å². The van der Waals surface area contributed by atoms with Crippen molar-refractivity contribution in [2.45, 2.75) is 6.04 Å². The smallest absolute Gasteiger partial charge is 0.278 e. The van der Waals surface area contributed by atoms with Crippen LogP contribution in [0.2, 0.25) is 5.02 Å². The van der Waals surface area contributed by atoms with Gasteiger partial charge in [-0.1, -0.05) is 11.6 Å². The molecule has 2 heterocycles. The molecule has 12 heteroatoms. The first-order valence-corrected chi connectivity index (χ1v) is 8.63. The van der Waals surface area contributed by atoms with E-state index in [0.717, 1.165) is 0 Å². The molecule has 1 amide bonds. The molecule has 11 nitrogen and oxygen atoms in total. The average Bonchev–Trinajstić information content (AvgIpc) is 3.13. The highest BCUT2D eigenvalue weighted by atomic mass is 35.5. The molecule has 0 saturated heterocycles. The summed E-state index contributed by atoms with van der Waals surface area (Å²) in [5.74, 6) is -0.139. The molecule has 0 fully saturated rings. The van der Waals surface area contributed by atoms with Crippen molar-refractivity contribution in [3.63, 3.8) is 0 Å². The lowest BCUT2D eigenvalue weighted by Gasteiger charge is -2.15. The summed E-state index contributed by atoms with van der Waals surface area (Å²) in [5.41, 5.74) is 6.45. The van der Waals surface area contributed by atoms with Crippen LogP contribution in [0.25, 0.3) is 0 Å². The molecule has 0 spiro atoms. The van der Waals surface area contributed by atoms with Gasteiger partial charge >= 0.3 is 0 Å². The fourth-order valence-electron chi connectivity index (χ4n) is 2.66. The van der Waals surface area contributed by atoms with Gasteiger partial charge in [-0.2, -0.15) is 5.10 Å². The third kappa shape index (κ3) is 4.76. The number of rotatable bonds is 7. The van der Waals surface area contributed by atoms with Crippen molar-refractivity contribution in [1.29, 1.82) is 0 Å². The van der Waals surface area contributed by atoms with Crippen molar-refractivity contribution in [1.82, 2.24) is 19.7 Å². The van der Waals surface area contributed by atoms with E-state index in [0.29, 0.717) is 22.0 Å². The highest BCUT2D eigenvalue weighted by Crippen LogP contribution is 2.28. The summed E-state index contributed by atoms with van der Waals surface area (Å²) in [6, 6.07) is 4.05. The SMILES string of the molecule is COc1cc(Cl)cc(C(C[N+](=O)[O-])n2cc(NC(=O)c3nccnc3N)cn2)c1. The number of hydrogen-bond donors (Lipinski definition) is 2. The number of carbonyl (C=O) groups excluding carboxylic acids is 1. The third-order valence-electron chi connectivity index (χ3n) is 3.96. The Labute approximate surface area is 169 Å². The molecule has 3 rings (SSSR count). The molecule has 0 aliphatic carbocycles. The summed E-state index contributed by atoms with van der Waals surface area (Å²) in [6.45, 7) is -0.449. The standard InChI is InChI=1S/C17H16ClN7O4/c1-29-13-5-10(4-11(18)6-13)14(9-25(27)28)24-8-12(7-22-24)23-17(26)15-16(19)21-3-2-20-15/h2-8,14H,9H2,1H3,(H2,19,21)(H,23,26). The van der Waals surface area contributed by atoms with E-state index in [4.69, 9.17) is 22.1 Å². The highest BCUT2D eigenvalue weighted by molar-refractivity contribution is 6.30. The topological polar surface area (TPSA) is 151 Å². The Hall–Kier alpha value is -3.73. The Morgan fingerprint density at radius 1 is 1.38 bits per heavy atom. The molecule has 3 aromatic rings. The number of nitrogen functional groups attached to an aromatic ring is 1. The van der Waals surface area contributed by atoms with E-state index in [1.165, 1.54) is 36.6 Å². The van der Waals surface area contributed by atoms with Crippen LogP contribution < -0.4 is 15.8 Å². The Morgan fingerprint density at radius 3 is 2.83 bits per heavy atom. The number of halogens is 1. The van der Waals surface area contributed by atoms with Gasteiger partial charge in [-0.05, 0) is 23.8 Å². The Bertz CT molecular complexity index is 1060. The number of nitrogens with one attached hydrogen (secondary N) is 1. The van der Waals surface area contributed by atoms with Crippen molar-refractivity contribution in [2.75, 3.05) is 24.7 Å². The molecular weight excluding hydrogens is 402 g/mol. The maximum Gasteiger partial charge on any atom is 0.278 e. The van der Waals surface area contributed by atoms with Gasteiger partial charge in [0.2, 0.25) is 6.54 Å². The molecule has 3 N–H and O–H groups in total. The molecule has 0 saturated carbocycles. The van der Waals surface area contributed by atoms with E-state index in [2.05, 4.69) is 20.4 Å². The van der Waals surface area contributed by atoms with Gasteiger partial charge in [0.25, 0.3) is 5.91 Å². The van der Waals surface area contributed by atoms with Crippen LogP contribution in [-0.4, -0.2) is 44.2 Å². The number of anilines is 2. The number of ether oxygens (including phenoxy) is 1. The number of nitrogens with two attached hydrogens (primary N) is 1. The second kappa shape index (κ2) is 8.52. The lowest BCUT2D eigenvalue weighted by molar-refractivity contribution is -0.484. The molecule has 0 aliphatic heterocycles. The molecular formula is C17H16ClN7O4. The molecule has 1 atom stereocenters. The van der Waals surface area contributed by atoms with Crippen LogP contribution in [0.4, 0.5) is 11.5 Å². The molecule has 0 radical (unpaired) electrons. The zero-order valence-electron chi connectivity index (χ0n) is 15.2. The van der Waals surface area contributed by atoms with E-state index in [-0.39, 0.29) is 11.5 Å². The van der Waals surface area contributed by atoms with Crippen molar-refractivity contribution in [2.24, 2.45) is 0 Å². The predicted octanol–water partition coefficient (Wildman–Crippen LogP) is 2.04. The van der Waals surface area contributed by atoms with Gasteiger partial charge < -0.3 is 15.8 Å². The number of aromatic nitrogens is 4. The normalized spacial score (nSPS) is 11.7.